The van der Waals surface area contributed by atoms with Crippen molar-refractivity contribution < 1.29 is 0 Å². The maximum atomic E-state index is 4.56. The van der Waals surface area contributed by atoms with Crippen LogP contribution in [0.3, 0.4) is 0 Å². The zero-order valence-electron chi connectivity index (χ0n) is 11.5. The number of nitrogens with one attached hydrogen (secondary N) is 1. The number of thioether (sulfide) groups is 1. The predicted molar refractivity (Wildman–Crippen MR) is 85.2 cm³/mol. The van der Waals surface area contributed by atoms with Gasteiger partial charge in [-0.05, 0) is 18.4 Å². The van der Waals surface area contributed by atoms with E-state index >= 15 is 0 Å². The van der Waals surface area contributed by atoms with E-state index in [1.54, 1.807) is 11.8 Å². The van der Waals surface area contributed by atoms with Crippen LogP contribution in [0.15, 0.2) is 36.9 Å². The molecule has 2 aromatic heterocycles. The molecule has 2 heterocycles. The van der Waals surface area contributed by atoms with Crippen LogP contribution in [0.4, 0.5) is 5.82 Å². The minimum Gasteiger partial charge on any atom is -0.369 e. The Kier molecular flexibility index (Phi) is 4.20. The predicted octanol–water partition coefficient (Wildman–Crippen LogP) is 2.26. The van der Waals surface area contributed by atoms with E-state index in [2.05, 4.69) is 36.5 Å². The Morgan fingerprint density at radius 2 is 1.86 bits per heavy atom. The van der Waals surface area contributed by atoms with Gasteiger partial charge in [0.25, 0.3) is 0 Å². The van der Waals surface area contributed by atoms with Crippen LogP contribution in [0.25, 0.3) is 22.6 Å². The lowest BCUT2D eigenvalue weighted by Gasteiger charge is -2.09. The minimum absolute atomic E-state index is 0.476. The molecule has 0 saturated heterocycles. The lowest BCUT2D eigenvalue weighted by Crippen LogP contribution is -2.08. The van der Waals surface area contributed by atoms with Gasteiger partial charge >= 0.3 is 0 Å². The van der Waals surface area contributed by atoms with Gasteiger partial charge < -0.3 is 5.32 Å². The van der Waals surface area contributed by atoms with E-state index in [1.165, 1.54) is 12.7 Å². The first kappa shape index (κ1) is 13.7. The number of benzene rings is 1. The van der Waals surface area contributed by atoms with Crippen LogP contribution in [-0.2, 0) is 0 Å². The lowest BCUT2D eigenvalue weighted by molar-refractivity contribution is 1.02. The first-order chi connectivity index (χ1) is 10.4. The van der Waals surface area contributed by atoms with Crippen LogP contribution >= 0.6 is 11.8 Å². The molecule has 0 spiro atoms. The largest absolute Gasteiger partial charge is 0.369 e. The highest BCUT2D eigenvalue weighted by Gasteiger charge is 2.10. The van der Waals surface area contributed by atoms with Gasteiger partial charge in [0.05, 0.1) is 5.52 Å². The number of para-hydroxylation sites is 1. The molecule has 0 fully saturated rings. The van der Waals surface area contributed by atoms with E-state index in [0.29, 0.717) is 11.6 Å². The molecule has 0 unspecified atom stereocenters. The normalized spacial score (nSPS) is 10.7. The Hall–Kier alpha value is -2.28. The molecule has 0 radical (unpaired) electrons. The number of anilines is 1. The summed E-state index contributed by atoms with van der Waals surface area (Å²) >= 11 is 1.79. The summed E-state index contributed by atoms with van der Waals surface area (Å²) in [6.07, 6.45) is 4.97. The monoisotopic (exact) mass is 298 g/mol. The molecule has 1 N–H and O–H groups in total. The molecule has 21 heavy (non-hydrogen) atoms. The molecule has 0 saturated carbocycles. The van der Waals surface area contributed by atoms with Crippen molar-refractivity contribution in [3.8, 4) is 11.6 Å². The molecule has 0 amide bonds. The highest BCUT2D eigenvalue weighted by Crippen LogP contribution is 2.22. The second kappa shape index (κ2) is 6.45. The van der Waals surface area contributed by atoms with Gasteiger partial charge in [0.2, 0.25) is 5.82 Å². The third-order valence-corrected chi connectivity index (χ3v) is 3.51. The Bertz CT molecular complexity index is 734. The van der Waals surface area contributed by atoms with Crippen molar-refractivity contribution in [2.75, 3.05) is 23.9 Å². The standard InChI is InChI=1S/C14H14N6S/c1-21-7-6-16-12-10-4-2-3-5-11(10)19-14(20-12)13-17-8-15-9-18-13/h2-5,8-9H,6-7H2,1H3,(H,16,19,20). The Morgan fingerprint density at radius 3 is 2.67 bits per heavy atom. The van der Waals surface area contributed by atoms with Gasteiger partial charge in [0.1, 0.15) is 18.5 Å². The summed E-state index contributed by atoms with van der Waals surface area (Å²) < 4.78 is 0. The average Bonchev–Trinajstić information content (AvgIpc) is 2.55. The molecule has 0 aliphatic carbocycles. The zero-order chi connectivity index (χ0) is 14.5. The van der Waals surface area contributed by atoms with Gasteiger partial charge in [0, 0.05) is 17.7 Å². The first-order valence-electron chi connectivity index (χ1n) is 6.50. The van der Waals surface area contributed by atoms with E-state index in [0.717, 1.165) is 29.0 Å². The second-order valence-electron chi connectivity index (χ2n) is 4.29. The van der Waals surface area contributed by atoms with Crippen molar-refractivity contribution in [2.24, 2.45) is 0 Å². The zero-order valence-corrected chi connectivity index (χ0v) is 12.3. The first-order valence-corrected chi connectivity index (χ1v) is 7.90. The molecule has 6 nitrogen and oxygen atoms in total. The minimum atomic E-state index is 0.476. The van der Waals surface area contributed by atoms with Gasteiger partial charge in [0.15, 0.2) is 5.82 Å². The second-order valence-corrected chi connectivity index (χ2v) is 5.28. The quantitative estimate of drug-likeness (QED) is 0.724. The Balaban J connectivity index is 2.06. The Morgan fingerprint density at radius 1 is 1.05 bits per heavy atom. The van der Waals surface area contributed by atoms with Crippen molar-refractivity contribution in [3.05, 3.63) is 36.9 Å². The third-order valence-electron chi connectivity index (χ3n) is 2.90. The summed E-state index contributed by atoms with van der Waals surface area (Å²) in [7, 11) is 0. The average molecular weight is 298 g/mol. The number of rotatable bonds is 5. The SMILES string of the molecule is CSCCNc1nc(-c2ncncn2)nc2ccccc12. The number of fused-ring (bicyclic) bond motifs is 1. The fourth-order valence-corrected chi connectivity index (χ4v) is 2.24. The van der Waals surface area contributed by atoms with Gasteiger partial charge in [-0.3, -0.25) is 0 Å². The molecule has 1 aromatic carbocycles. The van der Waals surface area contributed by atoms with Crippen LogP contribution < -0.4 is 5.32 Å². The van der Waals surface area contributed by atoms with Crippen molar-refractivity contribution in [1.82, 2.24) is 24.9 Å². The summed E-state index contributed by atoms with van der Waals surface area (Å²) in [6, 6.07) is 7.90. The number of nitrogens with zero attached hydrogens (tertiary/aromatic N) is 5. The smallest absolute Gasteiger partial charge is 0.200 e. The van der Waals surface area contributed by atoms with Gasteiger partial charge in [-0.25, -0.2) is 24.9 Å². The molecule has 7 heteroatoms. The van der Waals surface area contributed by atoms with E-state index in [-0.39, 0.29) is 0 Å². The fourth-order valence-electron chi connectivity index (χ4n) is 1.94. The third kappa shape index (κ3) is 3.08. The molecular weight excluding hydrogens is 284 g/mol. The molecule has 106 valence electrons. The van der Waals surface area contributed by atoms with Crippen LogP contribution in [0, 0.1) is 0 Å². The molecule has 0 aliphatic heterocycles. The van der Waals surface area contributed by atoms with Crippen LogP contribution in [0.2, 0.25) is 0 Å². The van der Waals surface area contributed by atoms with Gasteiger partial charge in [-0.2, -0.15) is 11.8 Å². The van der Waals surface area contributed by atoms with Crippen molar-refractivity contribution in [2.45, 2.75) is 0 Å². The van der Waals surface area contributed by atoms with E-state index in [4.69, 9.17) is 0 Å². The highest BCUT2D eigenvalue weighted by atomic mass is 32.2. The summed E-state index contributed by atoms with van der Waals surface area (Å²) in [5, 5.41) is 4.35. The van der Waals surface area contributed by atoms with Crippen LogP contribution in [0.1, 0.15) is 0 Å². The number of hydrogen-bond donors (Lipinski definition) is 1. The van der Waals surface area contributed by atoms with Crippen molar-refractivity contribution in [3.63, 3.8) is 0 Å². The topological polar surface area (TPSA) is 76.5 Å². The number of aromatic nitrogens is 5. The summed E-state index contributed by atoms with van der Waals surface area (Å²) in [6.45, 7) is 0.846. The molecule has 3 aromatic rings. The molecule has 3 rings (SSSR count). The summed E-state index contributed by atoms with van der Waals surface area (Å²) in [5.41, 5.74) is 0.870. The lowest BCUT2D eigenvalue weighted by atomic mass is 10.2. The summed E-state index contributed by atoms with van der Waals surface area (Å²) in [4.78, 5) is 21.1. The maximum absolute atomic E-state index is 4.56. The van der Waals surface area contributed by atoms with Crippen molar-refractivity contribution >= 4 is 28.5 Å². The van der Waals surface area contributed by atoms with Crippen LogP contribution in [0.5, 0.6) is 0 Å². The van der Waals surface area contributed by atoms with Gasteiger partial charge in [-0.1, -0.05) is 12.1 Å². The molecule has 0 bridgehead atoms. The number of hydrogen-bond acceptors (Lipinski definition) is 7. The molecule has 0 aliphatic rings. The summed E-state index contributed by atoms with van der Waals surface area (Å²) in [5.74, 6) is 2.80. The maximum Gasteiger partial charge on any atom is 0.200 e. The molecule has 0 atom stereocenters. The fraction of sp³-hybridized carbons (Fsp3) is 0.214. The van der Waals surface area contributed by atoms with E-state index < -0.39 is 0 Å². The van der Waals surface area contributed by atoms with Crippen molar-refractivity contribution in [1.29, 1.82) is 0 Å². The van der Waals surface area contributed by atoms with E-state index in [9.17, 15) is 0 Å². The van der Waals surface area contributed by atoms with E-state index in [1.807, 2.05) is 24.3 Å². The Labute approximate surface area is 126 Å². The van der Waals surface area contributed by atoms with Gasteiger partial charge in [-0.15, -0.1) is 0 Å². The molecular formula is C14H14N6S. The highest BCUT2D eigenvalue weighted by molar-refractivity contribution is 7.98. The van der Waals surface area contributed by atoms with Crippen LogP contribution in [-0.4, -0.2) is 43.5 Å².